The highest BCUT2D eigenvalue weighted by molar-refractivity contribution is 7.84. The largest absolute Gasteiger partial charge is 0.508 e. The molecule has 0 fully saturated rings. The highest BCUT2D eigenvalue weighted by Crippen LogP contribution is 2.11. The number of hydrogen-bond donors (Lipinski definition) is 3. The molecule has 8 heteroatoms. The van der Waals surface area contributed by atoms with Gasteiger partial charge in [-0.3, -0.25) is 4.79 Å². The van der Waals surface area contributed by atoms with Crippen LogP contribution in [0.15, 0.2) is 24.3 Å². The maximum Gasteiger partial charge on any atom is 0.373 e. The first-order valence-electron chi connectivity index (χ1n) is 4.50. The van der Waals surface area contributed by atoms with E-state index >= 15 is 0 Å². The Bertz CT molecular complexity index is 499. The van der Waals surface area contributed by atoms with Gasteiger partial charge in [-0.25, -0.2) is 0 Å². The number of carboxylic acid groups (broad SMARTS) is 1. The van der Waals surface area contributed by atoms with Crippen LogP contribution in [-0.2, 0) is 21.6 Å². The van der Waals surface area contributed by atoms with Crippen LogP contribution in [0.2, 0.25) is 0 Å². The molecule has 0 spiro atoms. The lowest BCUT2D eigenvalue weighted by atomic mass is 10.1. The van der Waals surface area contributed by atoms with Crippen LogP contribution in [0.25, 0.3) is 0 Å². The molecular formula is C9H10FNO5S. The highest BCUT2D eigenvalue weighted by atomic mass is 32.3. The SMILES string of the molecule is O=C(O)C(Cc1ccc(O)cc1)NS(=O)(=O)F. The molecule has 1 rings (SSSR count). The molecule has 0 aliphatic heterocycles. The fourth-order valence-corrected chi connectivity index (χ4v) is 1.74. The summed E-state index contributed by atoms with van der Waals surface area (Å²) in [7, 11) is -5.08. The number of phenols is 1. The Hall–Kier alpha value is -1.67. The van der Waals surface area contributed by atoms with Gasteiger partial charge in [0.05, 0.1) is 0 Å². The normalized spacial score (nSPS) is 13.2. The number of carboxylic acids is 1. The molecule has 0 radical (unpaired) electrons. The Morgan fingerprint density at radius 1 is 1.35 bits per heavy atom. The fraction of sp³-hybridized carbons (Fsp3) is 0.222. The number of phenolic OH excluding ortho intramolecular Hbond substituents is 1. The van der Waals surface area contributed by atoms with Crippen molar-refractivity contribution in [2.45, 2.75) is 12.5 Å². The van der Waals surface area contributed by atoms with E-state index in [9.17, 15) is 17.1 Å². The van der Waals surface area contributed by atoms with Crippen LogP contribution in [0.1, 0.15) is 5.56 Å². The van der Waals surface area contributed by atoms with E-state index in [0.717, 1.165) is 0 Å². The fourth-order valence-electron chi connectivity index (χ4n) is 1.22. The van der Waals surface area contributed by atoms with E-state index in [1.165, 1.54) is 29.0 Å². The molecular weight excluding hydrogens is 253 g/mol. The molecule has 0 aliphatic rings. The third-order valence-corrected chi connectivity index (χ3v) is 2.52. The van der Waals surface area contributed by atoms with Crippen molar-refractivity contribution in [1.82, 2.24) is 4.72 Å². The summed E-state index contributed by atoms with van der Waals surface area (Å²) in [4.78, 5) is 10.7. The average molecular weight is 263 g/mol. The maximum absolute atomic E-state index is 12.3. The molecule has 94 valence electrons. The molecule has 1 atom stereocenters. The highest BCUT2D eigenvalue weighted by Gasteiger charge is 2.23. The van der Waals surface area contributed by atoms with Crippen molar-refractivity contribution in [2.24, 2.45) is 0 Å². The summed E-state index contributed by atoms with van der Waals surface area (Å²) in [5.41, 5.74) is 0.450. The number of aliphatic carboxylic acids is 1. The lowest BCUT2D eigenvalue weighted by Crippen LogP contribution is -2.40. The summed E-state index contributed by atoms with van der Waals surface area (Å²) in [6.07, 6.45) is -0.223. The zero-order chi connectivity index (χ0) is 13.1. The summed E-state index contributed by atoms with van der Waals surface area (Å²) in [6, 6.07) is 3.88. The van der Waals surface area contributed by atoms with Crippen LogP contribution in [0.5, 0.6) is 5.75 Å². The lowest BCUT2D eigenvalue weighted by molar-refractivity contribution is -0.138. The molecule has 1 aromatic rings. The Kier molecular flexibility index (Phi) is 4.02. The third kappa shape index (κ3) is 4.79. The molecule has 0 amide bonds. The van der Waals surface area contributed by atoms with Gasteiger partial charge in [-0.05, 0) is 24.1 Å². The van der Waals surface area contributed by atoms with Crippen molar-refractivity contribution in [3.8, 4) is 5.75 Å². The summed E-state index contributed by atoms with van der Waals surface area (Å²) < 4.78 is 34.3. The van der Waals surface area contributed by atoms with E-state index in [-0.39, 0.29) is 12.2 Å². The molecule has 0 bridgehead atoms. The topological polar surface area (TPSA) is 104 Å². The van der Waals surface area contributed by atoms with Crippen LogP contribution in [0, 0.1) is 0 Å². The summed E-state index contributed by atoms with van der Waals surface area (Å²) >= 11 is 0. The minimum Gasteiger partial charge on any atom is -0.508 e. The van der Waals surface area contributed by atoms with Crippen LogP contribution >= 0.6 is 0 Å². The third-order valence-electron chi connectivity index (χ3n) is 1.96. The molecule has 0 saturated heterocycles. The number of hydrogen-bond acceptors (Lipinski definition) is 4. The number of rotatable bonds is 5. The van der Waals surface area contributed by atoms with Gasteiger partial charge in [0.2, 0.25) is 0 Å². The first kappa shape index (κ1) is 13.4. The van der Waals surface area contributed by atoms with Gasteiger partial charge < -0.3 is 10.2 Å². The molecule has 3 N–H and O–H groups in total. The van der Waals surface area contributed by atoms with Gasteiger partial charge in [0.1, 0.15) is 11.8 Å². The minimum atomic E-state index is -5.08. The quantitative estimate of drug-likeness (QED) is 0.658. The van der Waals surface area contributed by atoms with Gasteiger partial charge in [0, 0.05) is 0 Å². The van der Waals surface area contributed by atoms with Crippen molar-refractivity contribution >= 4 is 16.4 Å². The second-order valence-electron chi connectivity index (χ2n) is 3.32. The van der Waals surface area contributed by atoms with Crippen LogP contribution in [0.4, 0.5) is 3.89 Å². The van der Waals surface area contributed by atoms with E-state index in [2.05, 4.69) is 0 Å². The smallest absolute Gasteiger partial charge is 0.373 e. The zero-order valence-electron chi connectivity index (χ0n) is 8.50. The predicted molar refractivity (Wildman–Crippen MR) is 56.4 cm³/mol. The number of halogens is 1. The second-order valence-corrected chi connectivity index (χ2v) is 4.43. The van der Waals surface area contributed by atoms with Gasteiger partial charge in [-0.1, -0.05) is 16.0 Å². The number of benzene rings is 1. The van der Waals surface area contributed by atoms with Gasteiger partial charge in [-0.15, -0.1) is 0 Å². The van der Waals surface area contributed by atoms with E-state index in [1.807, 2.05) is 0 Å². The van der Waals surface area contributed by atoms with Crippen molar-refractivity contribution in [2.75, 3.05) is 0 Å². The van der Waals surface area contributed by atoms with E-state index in [0.29, 0.717) is 5.56 Å². The van der Waals surface area contributed by atoms with Gasteiger partial charge in [0.25, 0.3) is 0 Å². The first-order chi connectivity index (χ1) is 7.78. The molecule has 6 nitrogen and oxygen atoms in total. The predicted octanol–water partition coefficient (Wildman–Crippen LogP) is 0.192. The first-order valence-corrected chi connectivity index (χ1v) is 5.89. The van der Waals surface area contributed by atoms with E-state index < -0.39 is 22.4 Å². The van der Waals surface area contributed by atoms with Crippen molar-refractivity contribution in [3.05, 3.63) is 29.8 Å². The van der Waals surface area contributed by atoms with Crippen molar-refractivity contribution in [3.63, 3.8) is 0 Å². The molecule has 0 heterocycles. The van der Waals surface area contributed by atoms with E-state index in [1.54, 1.807) is 0 Å². The number of carbonyl (C=O) groups is 1. The summed E-state index contributed by atoms with van der Waals surface area (Å²) in [5.74, 6) is -1.49. The Morgan fingerprint density at radius 2 is 1.88 bits per heavy atom. The molecule has 17 heavy (non-hydrogen) atoms. The van der Waals surface area contributed by atoms with Gasteiger partial charge in [0.15, 0.2) is 0 Å². The molecule has 0 aromatic heterocycles. The molecule has 1 aromatic carbocycles. The van der Waals surface area contributed by atoms with Crippen LogP contribution in [-0.4, -0.2) is 30.6 Å². The van der Waals surface area contributed by atoms with Crippen molar-refractivity contribution < 1.29 is 27.3 Å². The maximum atomic E-state index is 12.3. The number of aromatic hydroxyl groups is 1. The number of nitrogens with one attached hydrogen (secondary N) is 1. The summed E-state index contributed by atoms with van der Waals surface area (Å²) in [5, 5.41) is 17.7. The Balaban J connectivity index is 2.80. The standard InChI is InChI=1S/C9H10FNO5S/c10-17(15,16)11-8(9(13)14)5-6-1-3-7(12)4-2-6/h1-4,8,11-12H,5H2,(H,13,14). The van der Waals surface area contributed by atoms with Gasteiger partial charge in [-0.2, -0.15) is 13.1 Å². The summed E-state index contributed by atoms with van der Waals surface area (Å²) in [6.45, 7) is 0. The van der Waals surface area contributed by atoms with Crippen molar-refractivity contribution in [1.29, 1.82) is 0 Å². The molecule has 1 unspecified atom stereocenters. The lowest BCUT2D eigenvalue weighted by Gasteiger charge is -2.11. The van der Waals surface area contributed by atoms with E-state index in [4.69, 9.17) is 10.2 Å². The minimum absolute atomic E-state index is 0.00769. The second kappa shape index (κ2) is 5.11. The average Bonchev–Trinajstić information content (AvgIpc) is 2.18. The molecule has 0 saturated carbocycles. The Morgan fingerprint density at radius 3 is 2.29 bits per heavy atom. The monoisotopic (exact) mass is 263 g/mol. The molecule has 0 aliphatic carbocycles. The van der Waals surface area contributed by atoms with Crippen LogP contribution < -0.4 is 4.72 Å². The van der Waals surface area contributed by atoms with Gasteiger partial charge >= 0.3 is 16.4 Å². The van der Waals surface area contributed by atoms with Crippen LogP contribution in [0.3, 0.4) is 0 Å². The zero-order valence-corrected chi connectivity index (χ0v) is 9.32. The Labute approximate surface area is 97.0 Å².